The largest absolute Gasteiger partial charge is 0.490 e. The number of ether oxygens (including phenoxy) is 3. The van der Waals surface area contributed by atoms with Crippen LogP contribution in [0.3, 0.4) is 0 Å². The van der Waals surface area contributed by atoms with E-state index in [0.29, 0.717) is 35.3 Å². The molecule has 0 spiro atoms. The van der Waals surface area contributed by atoms with Crippen molar-refractivity contribution in [1.82, 2.24) is 0 Å². The first-order chi connectivity index (χ1) is 15.0. The maximum Gasteiger partial charge on any atom is 0.383 e. The summed E-state index contributed by atoms with van der Waals surface area (Å²) < 4.78 is 22.8. The van der Waals surface area contributed by atoms with E-state index in [1.807, 2.05) is 32.9 Å². The van der Waals surface area contributed by atoms with E-state index in [9.17, 15) is 9.59 Å². The predicted molar refractivity (Wildman–Crippen MR) is 119 cm³/mol. The number of hydrogen-bond acceptors (Lipinski definition) is 6. The molecule has 0 atom stereocenters. The summed E-state index contributed by atoms with van der Waals surface area (Å²) in [5.41, 5.74) is -0.190. The molecule has 0 bridgehead atoms. The summed E-state index contributed by atoms with van der Waals surface area (Å²) in [4.78, 5) is 25.3. The van der Waals surface area contributed by atoms with Gasteiger partial charge in [-0.05, 0) is 51.0 Å². The molecule has 0 aliphatic heterocycles. The van der Waals surface area contributed by atoms with E-state index in [0.717, 1.165) is 6.42 Å². The minimum Gasteiger partial charge on any atom is -0.490 e. The van der Waals surface area contributed by atoms with Crippen molar-refractivity contribution in [1.29, 1.82) is 0 Å². The van der Waals surface area contributed by atoms with Crippen LogP contribution in [0, 0.1) is 0 Å². The van der Waals surface area contributed by atoms with Gasteiger partial charge in [-0.3, -0.25) is 0 Å². The molecule has 3 aromatic rings. The van der Waals surface area contributed by atoms with E-state index in [1.165, 1.54) is 0 Å². The zero-order valence-corrected chi connectivity index (χ0v) is 17.9. The lowest BCUT2D eigenvalue weighted by Gasteiger charge is -2.16. The molecule has 0 fully saturated rings. The van der Waals surface area contributed by atoms with Gasteiger partial charge in [0.2, 0.25) is 0 Å². The van der Waals surface area contributed by atoms with Gasteiger partial charge in [0.25, 0.3) is 5.75 Å². The monoisotopic (exact) mass is 422 g/mol. The van der Waals surface area contributed by atoms with Crippen molar-refractivity contribution in [3.05, 3.63) is 76.7 Å². The van der Waals surface area contributed by atoms with E-state index < -0.39 is 11.6 Å². The van der Waals surface area contributed by atoms with Crippen LogP contribution >= 0.6 is 0 Å². The molecule has 0 saturated carbocycles. The summed E-state index contributed by atoms with van der Waals surface area (Å²) in [6.45, 7) is 6.12. The highest BCUT2D eigenvalue weighted by molar-refractivity contribution is 5.95. The third kappa shape index (κ3) is 5.54. The van der Waals surface area contributed by atoms with Crippen molar-refractivity contribution in [3.63, 3.8) is 0 Å². The predicted octanol–water partition coefficient (Wildman–Crippen LogP) is 5.53. The van der Waals surface area contributed by atoms with Crippen LogP contribution < -0.4 is 19.8 Å². The van der Waals surface area contributed by atoms with Crippen LogP contribution in [0.1, 0.15) is 44.0 Å². The molecule has 6 nitrogen and oxygen atoms in total. The molecule has 6 heteroatoms. The summed E-state index contributed by atoms with van der Waals surface area (Å²) in [5, 5.41) is 0.450. The van der Waals surface area contributed by atoms with Crippen LogP contribution in [0.25, 0.3) is 11.0 Å². The first-order valence-electron chi connectivity index (χ1n) is 10.3. The van der Waals surface area contributed by atoms with Crippen molar-refractivity contribution >= 4 is 16.9 Å². The first-order valence-corrected chi connectivity index (χ1v) is 10.3. The van der Waals surface area contributed by atoms with Crippen LogP contribution in [-0.4, -0.2) is 18.7 Å². The van der Waals surface area contributed by atoms with Gasteiger partial charge in [-0.1, -0.05) is 43.3 Å². The van der Waals surface area contributed by atoms with Crippen LogP contribution in [-0.2, 0) is 0 Å². The highest BCUT2D eigenvalue weighted by Gasteiger charge is 2.24. The van der Waals surface area contributed by atoms with Crippen molar-refractivity contribution in [2.24, 2.45) is 0 Å². The molecule has 162 valence electrons. The standard InChI is InChI=1S/C25H26O6/c1-4-5-6-10-16-28-22-21-19(29-17(2)3)14-11-15-20(21)30-25(27)23(22)31-24(26)18-12-8-7-9-13-18/h5-9,11-15,17H,4,10,16H2,1-3H3. The Labute approximate surface area is 181 Å². The van der Waals surface area contributed by atoms with Crippen molar-refractivity contribution in [2.75, 3.05) is 6.61 Å². The zero-order chi connectivity index (χ0) is 22.2. The minimum atomic E-state index is -0.794. The van der Waals surface area contributed by atoms with E-state index in [1.54, 1.807) is 48.5 Å². The Kier molecular flexibility index (Phi) is 7.49. The molecule has 0 aliphatic carbocycles. The molecule has 0 saturated heterocycles. The maximum absolute atomic E-state index is 12.7. The average Bonchev–Trinajstić information content (AvgIpc) is 2.75. The smallest absolute Gasteiger partial charge is 0.383 e. The van der Waals surface area contributed by atoms with Gasteiger partial charge in [0.05, 0.1) is 18.3 Å². The topological polar surface area (TPSA) is 75.0 Å². The van der Waals surface area contributed by atoms with Crippen molar-refractivity contribution < 1.29 is 23.4 Å². The van der Waals surface area contributed by atoms with Gasteiger partial charge >= 0.3 is 11.6 Å². The lowest BCUT2D eigenvalue weighted by atomic mass is 10.2. The number of esters is 1. The number of fused-ring (bicyclic) bond motifs is 1. The van der Waals surface area contributed by atoms with Crippen LogP contribution in [0.2, 0.25) is 0 Å². The van der Waals surface area contributed by atoms with Gasteiger partial charge < -0.3 is 18.6 Å². The maximum atomic E-state index is 12.7. The van der Waals surface area contributed by atoms with E-state index >= 15 is 0 Å². The van der Waals surface area contributed by atoms with Crippen LogP contribution in [0.15, 0.2) is 69.9 Å². The Bertz CT molecular complexity index is 1110. The molecule has 2 aromatic carbocycles. The highest BCUT2D eigenvalue weighted by atomic mass is 16.6. The zero-order valence-electron chi connectivity index (χ0n) is 17.9. The number of rotatable bonds is 9. The lowest BCUT2D eigenvalue weighted by Crippen LogP contribution is -2.17. The minimum absolute atomic E-state index is 0.117. The molecular formula is C25H26O6. The second-order valence-corrected chi connectivity index (χ2v) is 7.12. The lowest BCUT2D eigenvalue weighted by molar-refractivity contribution is 0.0721. The summed E-state index contributed by atoms with van der Waals surface area (Å²) in [6.07, 6.45) is 5.46. The van der Waals surface area contributed by atoms with E-state index in [-0.39, 0.29) is 17.6 Å². The fourth-order valence-corrected chi connectivity index (χ4v) is 2.99. The molecule has 1 aromatic heterocycles. The summed E-state index contributed by atoms with van der Waals surface area (Å²) >= 11 is 0. The summed E-state index contributed by atoms with van der Waals surface area (Å²) in [6, 6.07) is 13.6. The third-order valence-corrected chi connectivity index (χ3v) is 4.31. The normalized spacial score (nSPS) is 11.2. The van der Waals surface area contributed by atoms with Gasteiger partial charge in [-0.15, -0.1) is 0 Å². The SMILES string of the molecule is CCC=CCCOc1c(OC(=O)c2ccccc2)c(=O)oc2cccc(OC(C)C)c12. The quantitative estimate of drug-likeness (QED) is 0.195. The van der Waals surface area contributed by atoms with Crippen molar-refractivity contribution in [2.45, 2.75) is 39.7 Å². The average molecular weight is 422 g/mol. The number of carbonyl (C=O) groups is 1. The van der Waals surface area contributed by atoms with Gasteiger partial charge in [0, 0.05) is 0 Å². The Morgan fingerprint density at radius 2 is 1.81 bits per heavy atom. The molecular weight excluding hydrogens is 396 g/mol. The summed E-state index contributed by atoms with van der Waals surface area (Å²) in [7, 11) is 0. The molecule has 31 heavy (non-hydrogen) atoms. The Morgan fingerprint density at radius 1 is 1.03 bits per heavy atom. The third-order valence-electron chi connectivity index (χ3n) is 4.31. The van der Waals surface area contributed by atoms with Gasteiger partial charge in [0.1, 0.15) is 16.7 Å². The van der Waals surface area contributed by atoms with E-state index in [2.05, 4.69) is 0 Å². The van der Waals surface area contributed by atoms with Gasteiger partial charge in [0.15, 0.2) is 5.75 Å². The fraction of sp³-hybridized carbons (Fsp3) is 0.280. The second kappa shape index (κ2) is 10.5. The Hall–Kier alpha value is -3.54. The van der Waals surface area contributed by atoms with Gasteiger partial charge in [-0.2, -0.15) is 0 Å². The molecule has 0 N–H and O–H groups in total. The molecule has 1 heterocycles. The van der Waals surface area contributed by atoms with Crippen LogP contribution in [0.5, 0.6) is 17.2 Å². The van der Waals surface area contributed by atoms with Crippen LogP contribution in [0.4, 0.5) is 0 Å². The Morgan fingerprint density at radius 3 is 2.52 bits per heavy atom. The van der Waals surface area contributed by atoms with Gasteiger partial charge in [-0.25, -0.2) is 9.59 Å². The fourth-order valence-electron chi connectivity index (χ4n) is 2.99. The Balaban J connectivity index is 2.08. The van der Waals surface area contributed by atoms with E-state index in [4.69, 9.17) is 18.6 Å². The second-order valence-electron chi connectivity index (χ2n) is 7.12. The van der Waals surface area contributed by atoms with Crippen molar-refractivity contribution in [3.8, 4) is 17.2 Å². The molecule has 0 aliphatic rings. The molecule has 3 rings (SSSR count). The highest BCUT2D eigenvalue weighted by Crippen LogP contribution is 2.39. The molecule has 0 amide bonds. The number of carbonyl (C=O) groups excluding carboxylic acids is 1. The first kappa shape index (κ1) is 22.2. The number of benzene rings is 2. The molecule has 0 radical (unpaired) electrons. The summed E-state index contributed by atoms with van der Waals surface area (Å²) in [5.74, 6) is -0.352. The molecule has 0 unspecified atom stereocenters. The number of allylic oxidation sites excluding steroid dienone is 1. The number of hydrogen-bond donors (Lipinski definition) is 0.